The number of rotatable bonds is 5. The third-order valence-electron chi connectivity index (χ3n) is 3.26. The van der Waals surface area contributed by atoms with Gasteiger partial charge in [0.05, 0.1) is 31.3 Å². The topological polar surface area (TPSA) is 97.0 Å². The minimum atomic E-state index is -1.19. The predicted molar refractivity (Wildman–Crippen MR) is 70.2 cm³/mol. The van der Waals surface area contributed by atoms with Crippen LogP contribution in [-0.2, 0) is 9.47 Å². The Hall–Kier alpha value is -1.81. The number of fused-ring (bicyclic) bond motifs is 1. The van der Waals surface area contributed by atoms with Gasteiger partial charge in [0.15, 0.2) is 17.9 Å². The Bertz CT molecular complexity index is 672. The Morgan fingerprint density at radius 3 is 2.73 bits per heavy atom. The molecule has 1 fully saturated rings. The third kappa shape index (κ3) is 2.63. The highest BCUT2D eigenvalue weighted by Gasteiger charge is 2.28. The maximum atomic E-state index is 14.1. The molecule has 0 saturated carbocycles. The number of halogens is 2. The first-order chi connectivity index (χ1) is 10.6. The summed E-state index contributed by atoms with van der Waals surface area (Å²) in [6.45, 7) is 0.117. The van der Waals surface area contributed by atoms with Crippen LogP contribution in [0.4, 0.5) is 14.6 Å². The lowest BCUT2D eigenvalue weighted by molar-refractivity contribution is -0.0467. The Kier molecular flexibility index (Phi) is 4.21. The Morgan fingerprint density at radius 1 is 1.32 bits per heavy atom. The van der Waals surface area contributed by atoms with Crippen LogP contribution in [0, 0.1) is 11.6 Å². The van der Waals surface area contributed by atoms with Gasteiger partial charge in [0.1, 0.15) is 0 Å². The maximum Gasteiger partial charge on any atom is 0.207 e. The fourth-order valence-electron chi connectivity index (χ4n) is 2.15. The number of hydrogen-bond donors (Lipinski definition) is 3. The van der Waals surface area contributed by atoms with Crippen LogP contribution in [0.3, 0.4) is 0 Å². The molecule has 0 aliphatic carbocycles. The van der Waals surface area contributed by atoms with Gasteiger partial charge >= 0.3 is 0 Å². The highest BCUT2D eigenvalue weighted by atomic mass is 19.2. The van der Waals surface area contributed by atoms with E-state index in [9.17, 15) is 13.9 Å². The molecule has 7 nitrogen and oxygen atoms in total. The van der Waals surface area contributed by atoms with Crippen molar-refractivity contribution < 1.29 is 33.0 Å². The van der Waals surface area contributed by atoms with Gasteiger partial charge in [-0.15, -0.1) is 0 Å². The van der Waals surface area contributed by atoms with E-state index >= 15 is 0 Å². The molecule has 9 heteroatoms. The molecule has 0 radical (unpaired) electrons. The maximum absolute atomic E-state index is 14.1. The van der Waals surface area contributed by atoms with Gasteiger partial charge in [0, 0.05) is 12.1 Å². The van der Waals surface area contributed by atoms with Crippen molar-refractivity contribution in [2.75, 3.05) is 31.7 Å². The zero-order chi connectivity index (χ0) is 15.7. The standard InChI is InChI=1S/C13H14F2N2O5/c14-9-7(13-20-1-2-21-13)3-8-11(10(9)15)22-17-12(8)16-4-6(19)5-18/h3,6,13,18-19H,1-2,4-5H2,(H,16,17)/t6-/m0/s1. The normalized spacial score (nSPS) is 17.3. The van der Waals surface area contributed by atoms with Gasteiger partial charge in [-0.3, -0.25) is 0 Å². The van der Waals surface area contributed by atoms with E-state index in [1.54, 1.807) is 0 Å². The first-order valence-corrected chi connectivity index (χ1v) is 6.65. The zero-order valence-corrected chi connectivity index (χ0v) is 11.4. The van der Waals surface area contributed by atoms with Crippen molar-refractivity contribution >= 4 is 16.8 Å². The molecular formula is C13H14F2N2O5. The Balaban J connectivity index is 1.98. The summed E-state index contributed by atoms with van der Waals surface area (Å²) in [7, 11) is 0. The molecule has 1 aliphatic rings. The molecule has 2 aromatic rings. The van der Waals surface area contributed by atoms with Crippen LogP contribution in [-0.4, -0.2) is 47.8 Å². The fraction of sp³-hybridized carbons (Fsp3) is 0.462. The SMILES string of the molecule is OC[C@@H](O)CNc1noc2c(F)c(F)c(C3OCCO3)cc12. The molecule has 120 valence electrons. The van der Waals surface area contributed by atoms with E-state index in [4.69, 9.17) is 19.1 Å². The summed E-state index contributed by atoms with van der Waals surface area (Å²) in [5.41, 5.74) is -0.434. The van der Waals surface area contributed by atoms with Crippen molar-refractivity contribution in [3.8, 4) is 0 Å². The molecule has 1 aromatic carbocycles. The summed E-state index contributed by atoms with van der Waals surface area (Å²) >= 11 is 0. The molecule has 3 rings (SSSR count). The molecule has 22 heavy (non-hydrogen) atoms. The number of anilines is 1. The Labute approximate surface area is 123 Å². The van der Waals surface area contributed by atoms with Gasteiger partial charge in [-0.1, -0.05) is 5.16 Å². The molecule has 0 bridgehead atoms. The van der Waals surface area contributed by atoms with E-state index in [1.807, 2.05) is 0 Å². The number of nitrogens with one attached hydrogen (secondary N) is 1. The monoisotopic (exact) mass is 316 g/mol. The van der Waals surface area contributed by atoms with Crippen LogP contribution in [0.5, 0.6) is 0 Å². The highest BCUT2D eigenvalue weighted by molar-refractivity contribution is 5.89. The summed E-state index contributed by atoms with van der Waals surface area (Å²) in [6.07, 6.45) is -2.00. The quantitative estimate of drug-likeness (QED) is 0.754. The third-order valence-corrected chi connectivity index (χ3v) is 3.26. The van der Waals surface area contributed by atoms with Crippen LogP contribution in [0.2, 0.25) is 0 Å². The minimum Gasteiger partial charge on any atom is -0.394 e. The molecule has 1 atom stereocenters. The van der Waals surface area contributed by atoms with E-state index in [2.05, 4.69) is 10.5 Å². The number of aliphatic hydroxyl groups is 2. The second-order valence-corrected chi connectivity index (χ2v) is 4.79. The summed E-state index contributed by atoms with van der Waals surface area (Å²) in [6, 6.07) is 1.33. The number of nitrogens with zero attached hydrogens (tertiary/aromatic N) is 1. The zero-order valence-electron chi connectivity index (χ0n) is 11.4. The van der Waals surface area contributed by atoms with E-state index in [0.29, 0.717) is 13.2 Å². The van der Waals surface area contributed by atoms with Crippen LogP contribution < -0.4 is 5.32 Å². The number of aliphatic hydroxyl groups excluding tert-OH is 2. The summed E-state index contributed by atoms with van der Waals surface area (Å²) in [4.78, 5) is 0. The van der Waals surface area contributed by atoms with Crippen molar-refractivity contribution in [3.63, 3.8) is 0 Å². The largest absolute Gasteiger partial charge is 0.394 e. The van der Waals surface area contributed by atoms with Crippen molar-refractivity contribution in [1.82, 2.24) is 5.16 Å². The van der Waals surface area contributed by atoms with Crippen molar-refractivity contribution in [2.24, 2.45) is 0 Å². The minimum absolute atomic E-state index is 0.0249. The van der Waals surface area contributed by atoms with Crippen LogP contribution in [0.25, 0.3) is 11.0 Å². The number of ether oxygens (including phenoxy) is 2. The molecule has 0 amide bonds. The molecule has 0 unspecified atom stereocenters. The lowest BCUT2D eigenvalue weighted by atomic mass is 10.1. The van der Waals surface area contributed by atoms with Crippen molar-refractivity contribution in [2.45, 2.75) is 12.4 Å². The van der Waals surface area contributed by atoms with Gasteiger partial charge in [-0.2, -0.15) is 4.39 Å². The molecular weight excluding hydrogens is 302 g/mol. The second kappa shape index (κ2) is 6.13. The van der Waals surface area contributed by atoms with Crippen LogP contribution >= 0.6 is 0 Å². The first-order valence-electron chi connectivity index (χ1n) is 6.65. The van der Waals surface area contributed by atoms with Gasteiger partial charge in [-0.05, 0) is 6.07 Å². The summed E-state index contributed by atoms with van der Waals surface area (Å²) < 4.78 is 43.3. The fourth-order valence-corrected chi connectivity index (χ4v) is 2.15. The van der Waals surface area contributed by atoms with E-state index in [-0.39, 0.29) is 28.9 Å². The second-order valence-electron chi connectivity index (χ2n) is 4.79. The number of benzene rings is 1. The van der Waals surface area contributed by atoms with Gasteiger partial charge < -0.3 is 29.5 Å². The van der Waals surface area contributed by atoms with Crippen molar-refractivity contribution in [3.05, 3.63) is 23.3 Å². The molecule has 1 saturated heterocycles. The molecule has 0 spiro atoms. The molecule has 1 aliphatic heterocycles. The van der Waals surface area contributed by atoms with Crippen LogP contribution in [0.15, 0.2) is 10.6 Å². The lowest BCUT2D eigenvalue weighted by Gasteiger charge is -2.11. The molecule has 1 aromatic heterocycles. The molecule has 3 N–H and O–H groups in total. The van der Waals surface area contributed by atoms with Crippen LogP contribution in [0.1, 0.15) is 11.9 Å². The Morgan fingerprint density at radius 2 is 2.05 bits per heavy atom. The van der Waals surface area contributed by atoms with E-state index in [1.165, 1.54) is 6.07 Å². The van der Waals surface area contributed by atoms with E-state index < -0.39 is 30.6 Å². The average molecular weight is 316 g/mol. The number of hydrogen-bond acceptors (Lipinski definition) is 7. The summed E-state index contributed by atoms with van der Waals surface area (Å²) in [5.74, 6) is -2.17. The number of aromatic nitrogens is 1. The lowest BCUT2D eigenvalue weighted by Crippen LogP contribution is -2.23. The first kappa shape index (κ1) is 15.1. The summed E-state index contributed by atoms with van der Waals surface area (Å²) in [5, 5.41) is 24.6. The van der Waals surface area contributed by atoms with Gasteiger partial charge in [0.25, 0.3) is 0 Å². The van der Waals surface area contributed by atoms with E-state index in [0.717, 1.165) is 0 Å². The predicted octanol–water partition coefficient (Wildman–Crippen LogP) is 0.917. The average Bonchev–Trinajstić information content (AvgIpc) is 3.17. The van der Waals surface area contributed by atoms with Crippen molar-refractivity contribution in [1.29, 1.82) is 0 Å². The van der Waals surface area contributed by atoms with Gasteiger partial charge in [0.2, 0.25) is 11.4 Å². The smallest absolute Gasteiger partial charge is 0.207 e. The highest BCUT2D eigenvalue weighted by Crippen LogP contribution is 2.34. The molecule has 2 heterocycles. The van der Waals surface area contributed by atoms with Gasteiger partial charge in [-0.25, -0.2) is 4.39 Å².